The molecule has 17 heavy (non-hydrogen) atoms. The van der Waals surface area contributed by atoms with E-state index in [1.807, 2.05) is 29.1 Å². The number of rotatable bonds is 4. The van der Waals surface area contributed by atoms with Gasteiger partial charge < -0.3 is 5.32 Å². The molecule has 1 N–H and O–H groups in total. The Morgan fingerprint density at radius 3 is 3.06 bits per heavy atom. The first-order chi connectivity index (χ1) is 8.31. The number of nitrogens with zero attached hydrogens (tertiary/aromatic N) is 2. The van der Waals surface area contributed by atoms with E-state index in [2.05, 4.69) is 32.3 Å². The molecule has 1 aromatic carbocycles. The van der Waals surface area contributed by atoms with Gasteiger partial charge in [0.25, 0.3) is 0 Å². The largest absolute Gasteiger partial charge is 0.384 e. The Labute approximate surface area is 112 Å². The molecule has 2 rings (SSSR count). The van der Waals surface area contributed by atoms with Crippen LogP contribution in [0.2, 0.25) is 0 Å². The van der Waals surface area contributed by atoms with Crippen molar-refractivity contribution >= 4 is 33.0 Å². The first kappa shape index (κ1) is 12.1. The molecule has 1 heterocycles. The SMILES string of the molecule is N#Cc1c(Br)cccc1NCCc1cscn1. The Morgan fingerprint density at radius 2 is 2.35 bits per heavy atom. The fourth-order valence-electron chi connectivity index (χ4n) is 1.47. The lowest BCUT2D eigenvalue weighted by Gasteiger charge is -2.08. The molecular weight excluding hydrogens is 298 g/mol. The lowest BCUT2D eigenvalue weighted by Crippen LogP contribution is -2.06. The van der Waals surface area contributed by atoms with Crippen molar-refractivity contribution in [2.75, 3.05) is 11.9 Å². The number of benzene rings is 1. The Balaban J connectivity index is 2.00. The molecule has 0 bridgehead atoms. The maximum absolute atomic E-state index is 9.05. The predicted octanol–water partition coefficient (Wildman–Crippen LogP) is 3.43. The molecular formula is C12H10BrN3S. The minimum Gasteiger partial charge on any atom is -0.384 e. The molecule has 86 valence electrons. The summed E-state index contributed by atoms with van der Waals surface area (Å²) in [6.07, 6.45) is 0.862. The Bertz CT molecular complexity index is 531. The Kier molecular flexibility index (Phi) is 4.13. The predicted molar refractivity (Wildman–Crippen MR) is 73.2 cm³/mol. The quantitative estimate of drug-likeness (QED) is 0.941. The van der Waals surface area contributed by atoms with Crippen molar-refractivity contribution in [3.8, 4) is 6.07 Å². The van der Waals surface area contributed by atoms with Gasteiger partial charge in [-0.05, 0) is 28.1 Å². The van der Waals surface area contributed by atoms with E-state index in [1.54, 1.807) is 11.3 Å². The van der Waals surface area contributed by atoms with Crippen LogP contribution in [0.5, 0.6) is 0 Å². The van der Waals surface area contributed by atoms with Gasteiger partial charge in [-0.25, -0.2) is 4.98 Å². The molecule has 0 radical (unpaired) electrons. The van der Waals surface area contributed by atoms with Crippen molar-refractivity contribution in [1.82, 2.24) is 4.98 Å². The fraction of sp³-hybridized carbons (Fsp3) is 0.167. The zero-order valence-corrected chi connectivity index (χ0v) is 11.4. The molecule has 3 nitrogen and oxygen atoms in total. The van der Waals surface area contributed by atoms with E-state index >= 15 is 0 Å². The summed E-state index contributed by atoms with van der Waals surface area (Å²) in [7, 11) is 0. The van der Waals surface area contributed by atoms with Gasteiger partial charge in [-0.3, -0.25) is 0 Å². The minimum absolute atomic E-state index is 0.644. The van der Waals surface area contributed by atoms with Crippen molar-refractivity contribution in [1.29, 1.82) is 5.26 Å². The van der Waals surface area contributed by atoms with Crippen molar-refractivity contribution in [3.05, 3.63) is 44.8 Å². The maximum Gasteiger partial charge on any atom is 0.103 e. The molecule has 0 atom stereocenters. The number of nitriles is 1. The number of anilines is 1. The van der Waals surface area contributed by atoms with E-state index in [4.69, 9.17) is 5.26 Å². The number of thiazole rings is 1. The van der Waals surface area contributed by atoms with Gasteiger partial charge >= 0.3 is 0 Å². The van der Waals surface area contributed by atoms with Crippen LogP contribution in [0.25, 0.3) is 0 Å². The smallest absolute Gasteiger partial charge is 0.103 e. The van der Waals surface area contributed by atoms with Gasteiger partial charge in [0.05, 0.1) is 22.5 Å². The summed E-state index contributed by atoms with van der Waals surface area (Å²) in [4.78, 5) is 4.21. The zero-order chi connectivity index (χ0) is 12.1. The van der Waals surface area contributed by atoms with E-state index < -0.39 is 0 Å². The summed E-state index contributed by atoms with van der Waals surface area (Å²) in [6.45, 7) is 0.773. The van der Waals surface area contributed by atoms with E-state index in [9.17, 15) is 0 Å². The van der Waals surface area contributed by atoms with Crippen molar-refractivity contribution in [3.63, 3.8) is 0 Å². The van der Waals surface area contributed by atoms with Crippen molar-refractivity contribution < 1.29 is 0 Å². The van der Waals surface area contributed by atoms with Gasteiger partial charge in [0.1, 0.15) is 6.07 Å². The maximum atomic E-state index is 9.05. The summed E-state index contributed by atoms with van der Waals surface area (Å²) in [5.41, 5.74) is 4.41. The first-order valence-corrected chi connectivity index (χ1v) is 6.84. The van der Waals surface area contributed by atoms with Gasteiger partial charge in [0.15, 0.2) is 0 Å². The van der Waals surface area contributed by atoms with E-state index in [0.29, 0.717) is 5.56 Å². The third kappa shape index (κ3) is 3.05. The van der Waals surface area contributed by atoms with Gasteiger partial charge in [0.2, 0.25) is 0 Å². The molecule has 0 aliphatic rings. The van der Waals surface area contributed by atoms with E-state index in [-0.39, 0.29) is 0 Å². The summed E-state index contributed by atoms with van der Waals surface area (Å²) < 4.78 is 0.818. The highest BCUT2D eigenvalue weighted by molar-refractivity contribution is 9.10. The number of aromatic nitrogens is 1. The third-order valence-corrected chi connectivity index (χ3v) is 3.60. The van der Waals surface area contributed by atoms with Crippen LogP contribution in [0.4, 0.5) is 5.69 Å². The van der Waals surface area contributed by atoms with Gasteiger partial charge in [-0.1, -0.05) is 6.07 Å². The highest BCUT2D eigenvalue weighted by Gasteiger charge is 2.05. The standard InChI is InChI=1S/C12H10BrN3S/c13-11-2-1-3-12(10(11)6-14)15-5-4-9-7-17-8-16-9/h1-3,7-8,15H,4-5H2. The molecule has 0 aliphatic carbocycles. The van der Waals surface area contributed by atoms with Crippen LogP contribution in [-0.2, 0) is 6.42 Å². The first-order valence-electron chi connectivity index (χ1n) is 5.11. The second-order valence-corrected chi connectivity index (χ2v) is 5.00. The molecule has 5 heteroatoms. The summed E-state index contributed by atoms with van der Waals surface area (Å²) in [6, 6.07) is 7.87. The molecule has 0 spiro atoms. The normalized spacial score (nSPS) is 9.88. The molecule has 1 aromatic heterocycles. The van der Waals surface area contributed by atoms with Crippen molar-refractivity contribution in [2.45, 2.75) is 6.42 Å². The molecule has 0 fully saturated rings. The highest BCUT2D eigenvalue weighted by Crippen LogP contribution is 2.23. The van der Waals surface area contributed by atoms with E-state index in [0.717, 1.165) is 28.8 Å². The lowest BCUT2D eigenvalue weighted by molar-refractivity contribution is 0.976. The molecule has 2 aromatic rings. The summed E-state index contributed by atoms with van der Waals surface area (Å²) in [5, 5.41) is 14.3. The molecule has 0 amide bonds. The van der Waals surface area contributed by atoms with Gasteiger partial charge in [-0.15, -0.1) is 11.3 Å². The average Bonchev–Trinajstić information content (AvgIpc) is 2.82. The van der Waals surface area contributed by atoms with Crippen LogP contribution in [0.15, 0.2) is 33.6 Å². The Hall–Kier alpha value is -1.38. The second-order valence-electron chi connectivity index (χ2n) is 3.43. The summed E-state index contributed by atoms with van der Waals surface area (Å²) in [5.74, 6) is 0. The average molecular weight is 308 g/mol. The van der Waals surface area contributed by atoms with Crippen LogP contribution in [0.3, 0.4) is 0 Å². The molecule has 0 saturated carbocycles. The summed E-state index contributed by atoms with van der Waals surface area (Å²) >= 11 is 4.96. The minimum atomic E-state index is 0.644. The van der Waals surface area contributed by atoms with Crippen LogP contribution in [0.1, 0.15) is 11.3 Å². The molecule has 0 aliphatic heterocycles. The van der Waals surface area contributed by atoms with Gasteiger partial charge in [0, 0.05) is 22.8 Å². The van der Waals surface area contributed by atoms with Crippen LogP contribution in [0, 0.1) is 11.3 Å². The number of hydrogen-bond donors (Lipinski definition) is 1. The number of hydrogen-bond acceptors (Lipinski definition) is 4. The topological polar surface area (TPSA) is 48.7 Å². The van der Waals surface area contributed by atoms with Crippen LogP contribution >= 0.6 is 27.3 Å². The second kappa shape index (κ2) is 5.80. The van der Waals surface area contributed by atoms with Crippen LogP contribution in [-0.4, -0.2) is 11.5 Å². The number of halogens is 1. The van der Waals surface area contributed by atoms with E-state index in [1.165, 1.54) is 0 Å². The zero-order valence-electron chi connectivity index (χ0n) is 8.98. The molecule has 0 saturated heterocycles. The molecule has 0 unspecified atom stereocenters. The Morgan fingerprint density at radius 1 is 1.47 bits per heavy atom. The monoisotopic (exact) mass is 307 g/mol. The lowest BCUT2D eigenvalue weighted by atomic mass is 10.2. The van der Waals surface area contributed by atoms with Crippen LogP contribution < -0.4 is 5.32 Å². The van der Waals surface area contributed by atoms with Crippen molar-refractivity contribution in [2.24, 2.45) is 0 Å². The number of nitrogens with one attached hydrogen (secondary N) is 1. The highest BCUT2D eigenvalue weighted by atomic mass is 79.9. The third-order valence-electron chi connectivity index (χ3n) is 2.31. The van der Waals surface area contributed by atoms with Gasteiger partial charge in [-0.2, -0.15) is 5.26 Å². The fourth-order valence-corrected chi connectivity index (χ4v) is 2.52.